The number of hydrogen-bond donors (Lipinski definition) is 2. The Morgan fingerprint density at radius 2 is 2.07 bits per heavy atom. The summed E-state index contributed by atoms with van der Waals surface area (Å²) in [5, 5.41) is 10.3. The number of rotatable bonds is 4. The van der Waals surface area contributed by atoms with Crippen molar-refractivity contribution in [3.8, 4) is 0 Å². The molecule has 150 valence electrons. The van der Waals surface area contributed by atoms with Gasteiger partial charge in [0.05, 0.1) is 17.8 Å². The molecular weight excluding hydrogens is 350 g/mol. The lowest BCUT2D eigenvalue weighted by Crippen LogP contribution is -2.54. The van der Waals surface area contributed by atoms with Crippen LogP contribution in [0.4, 0.5) is 0 Å². The van der Waals surface area contributed by atoms with Crippen molar-refractivity contribution in [2.75, 3.05) is 13.1 Å². The lowest BCUT2D eigenvalue weighted by atomic mass is 9.80. The zero-order valence-corrected chi connectivity index (χ0v) is 16.0. The van der Waals surface area contributed by atoms with Crippen LogP contribution >= 0.6 is 0 Å². The molecule has 0 radical (unpaired) electrons. The topological polar surface area (TPSA) is 105 Å². The summed E-state index contributed by atoms with van der Waals surface area (Å²) >= 11 is 0. The highest BCUT2D eigenvalue weighted by atomic mass is 16.5. The average molecular weight is 379 g/mol. The number of ether oxygens (including phenoxy) is 1. The Labute approximate surface area is 158 Å². The molecule has 1 spiro atoms. The number of aliphatic hydroxyl groups excluding tert-OH is 1. The molecule has 8 heteroatoms. The van der Waals surface area contributed by atoms with Gasteiger partial charge in [-0.3, -0.25) is 14.6 Å². The molecule has 8 nitrogen and oxygen atoms in total. The van der Waals surface area contributed by atoms with Crippen molar-refractivity contribution < 1.29 is 14.6 Å². The van der Waals surface area contributed by atoms with Crippen LogP contribution in [-0.4, -0.2) is 56.4 Å². The average Bonchev–Trinajstić information content (AvgIpc) is 2.60. The van der Waals surface area contributed by atoms with Gasteiger partial charge in [0.2, 0.25) is 5.91 Å². The quantitative estimate of drug-likeness (QED) is 0.792. The SMILES string of the molecule is CC(C)[C@H]1C[C@@H](O)CC2(CCN(C(=O)CCn3ccc(=O)[nH]c3=O)CC2)O1. The number of carbonyl (C=O) groups is 1. The lowest BCUT2D eigenvalue weighted by Gasteiger charge is -2.48. The van der Waals surface area contributed by atoms with Crippen molar-refractivity contribution in [2.45, 2.75) is 70.3 Å². The lowest BCUT2D eigenvalue weighted by molar-refractivity contribution is -0.193. The van der Waals surface area contributed by atoms with Crippen molar-refractivity contribution in [3.05, 3.63) is 33.1 Å². The predicted octanol–water partition coefficient (Wildman–Crippen LogP) is 0.484. The molecule has 2 N–H and O–H groups in total. The van der Waals surface area contributed by atoms with E-state index < -0.39 is 11.2 Å². The number of aromatic amines is 1. The van der Waals surface area contributed by atoms with E-state index in [0.717, 1.165) is 12.8 Å². The predicted molar refractivity (Wildman–Crippen MR) is 99.4 cm³/mol. The van der Waals surface area contributed by atoms with Crippen LogP contribution in [0.3, 0.4) is 0 Å². The van der Waals surface area contributed by atoms with Crippen LogP contribution in [0.1, 0.15) is 46.0 Å². The van der Waals surface area contributed by atoms with Gasteiger partial charge in [-0.15, -0.1) is 0 Å². The zero-order chi connectivity index (χ0) is 19.6. The number of aliphatic hydroxyl groups is 1. The molecule has 0 saturated carbocycles. The summed E-state index contributed by atoms with van der Waals surface area (Å²) in [5.74, 6) is 0.340. The van der Waals surface area contributed by atoms with E-state index in [2.05, 4.69) is 18.8 Å². The van der Waals surface area contributed by atoms with E-state index in [0.29, 0.717) is 31.8 Å². The summed E-state index contributed by atoms with van der Waals surface area (Å²) in [4.78, 5) is 39.3. The molecule has 2 fully saturated rings. The minimum atomic E-state index is -0.503. The van der Waals surface area contributed by atoms with Crippen molar-refractivity contribution in [1.29, 1.82) is 0 Å². The summed E-state index contributed by atoms with van der Waals surface area (Å²) in [7, 11) is 0. The Hall–Kier alpha value is -1.93. The van der Waals surface area contributed by atoms with Gasteiger partial charge in [0, 0.05) is 44.7 Å². The fraction of sp³-hybridized carbons (Fsp3) is 0.737. The van der Waals surface area contributed by atoms with Crippen LogP contribution in [-0.2, 0) is 16.1 Å². The van der Waals surface area contributed by atoms with Crippen molar-refractivity contribution in [1.82, 2.24) is 14.5 Å². The first-order chi connectivity index (χ1) is 12.8. The van der Waals surface area contributed by atoms with Gasteiger partial charge in [-0.25, -0.2) is 4.79 Å². The number of H-pyrrole nitrogens is 1. The van der Waals surface area contributed by atoms with Gasteiger partial charge in [0.1, 0.15) is 0 Å². The Kier molecular flexibility index (Phi) is 5.86. The number of likely N-dealkylation sites (tertiary alicyclic amines) is 1. The third-order valence-corrected chi connectivity index (χ3v) is 5.75. The molecule has 1 amide bonds. The van der Waals surface area contributed by atoms with Crippen LogP contribution in [0.5, 0.6) is 0 Å². The molecule has 2 saturated heterocycles. The molecule has 27 heavy (non-hydrogen) atoms. The van der Waals surface area contributed by atoms with Gasteiger partial charge >= 0.3 is 5.69 Å². The Balaban J connectivity index is 1.54. The highest BCUT2D eigenvalue weighted by Gasteiger charge is 2.44. The van der Waals surface area contributed by atoms with Gasteiger partial charge in [0.15, 0.2) is 0 Å². The minimum absolute atomic E-state index is 0.0142. The highest BCUT2D eigenvalue weighted by molar-refractivity contribution is 5.76. The second kappa shape index (κ2) is 7.98. The fourth-order valence-corrected chi connectivity index (χ4v) is 4.09. The van der Waals surface area contributed by atoms with E-state index in [1.54, 1.807) is 4.90 Å². The number of aryl methyl sites for hydroxylation is 1. The van der Waals surface area contributed by atoms with Gasteiger partial charge in [-0.2, -0.15) is 0 Å². The number of nitrogens with one attached hydrogen (secondary N) is 1. The smallest absolute Gasteiger partial charge is 0.328 e. The van der Waals surface area contributed by atoms with Gasteiger partial charge in [-0.1, -0.05) is 13.8 Å². The van der Waals surface area contributed by atoms with Gasteiger partial charge < -0.3 is 19.3 Å². The maximum atomic E-state index is 12.5. The van der Waals surface area contributed by atoms with Crippen molar-refractivity contribution in [2.24, 2.45) is 5.92 Å². The molecule has 1 aromatic rings. The fourth-order valence-electron chi connectivity index (χ4n) is 4.09. The first-order valence-electron chi connectivity index (χ1n) is 9.71. The minimum Gasteiger partial charge on any atom is -0.393 e. The van der Waals surface area contributed by atoms with E-state index >= 15 is 0 Å². The number of amides is 1. The van der Waals surface area contributed by atoms with Crippen molar-refractivity contribution in [3.63, 3.8) is 0 Å². The number of carbonyl (C=O) groups excluding carboxylic acids is 1. The molecule has 3 rings (SSSR count). The molecule has 3 heterocycles. The van der Waals surface area contributed by atoms with E-state index in [1.807, 2.05) is 0 Å². The monoisotopic (exact) mass is 379 g/mol. The van der Waals surface area contributed by atoms with Crippen LogP contribution in [0, 0.1) is 5.92 Å². The molecule has 0 aliphatic carbocycles. The molecular formula is C19H29N3O5. The third kappa shape index (κ3) is 4.68. The summed E-state index contributed by atoms with van der Waals surface area (Å²) in [6.07, 6.45) is 4.07. The summed E-state index contributed by atoms with van der Waals surface area (Å²) in [6.45, 7) is 5.64. The molecule has 0 bridgehead atoms. The van der Waals surface area contributed by atoms with Crippen molar-refractivity contribution >= 4 is 5.91 Å². The second-order valence-corrected chi connectivity index (χ2v) is 8.11. The number of hydrogen-bond acceptors (Lipinski definition) is 5. The van der Waals surface area contributed by atoms with Crippen LogP contribution in [0.25, 0.3) is 0 Å². The van der Waals surface area contributed by atoms with Crippen LogP contribution in [0.2, 0.25) is 0 Å². The number of nitrogens with zero attached hydrogens (tertiary/aromatic N) is 2. The maximum absolute atomic E-state index is 12.5. The highest BCUT2D eigenvalue weighted by Crippen LogP contribution is 2.39. The zero-order valence-electron chi connectivity index (χ0n) is 16.0. The molecule has 2 atom stereocenters. The van der Waals surface area contributed by atoms with Gasteiger partial charge in [0.25, 0.3) is 5.56 Å². The standard InChI is InChI=1S/C19H29N3O5/c1-13(2)15-11-14(23)12-19(27-15)5-9-21(10-6-19)17(25)4-8-22-7-3-16(24)20-18(22)26/h3,7,13-15,23H,4-6,8-12H2,1-2H3,(H,20,24,26)/t14-,15-/m1/s1. The summed E-state index contributed by atoms with van der Waals surface area (Å²) < 4.78 is 7.69. The van der Waals surface area contributed by atoms with Crippen LogP contribution < -0.4 is 11.2 Å². The summed E-state index contributed by atoms with van der Waals surface area (Å²) in [5.41, 5.74) is -1.28. The van der Waals surface area contributed by atoms with Gasteiger partial charge in [-0.05, 0) is 25.2 Å². The molecule has 2 aliphatic rings. The van der Waals surface area contributed by atoms with E-state index in [9.17, 15) is 19.5 Å². The first-order valence-corrected chi connectivity index (χ1v) is 9.71. The Morgan fingerprint density at radius 3 is 2.70 bits per heavy atom. The number of piperidine rings is 1. The Bertz CT molecular complexity index is 776. The Morgan fingerprint density at radius 1 is 1.37 bits per heavy atom. The molecule has 0 unspecified atom stereocenters. The second-order valence-electron chi connectivity index (χ2n) is 8.11. The maximum Gasteiger partial charge on any atom is 0.328 e. The first kappa shape index (κ1) is 19.8. The number of aromatic nitrogens is 2. The van der Waals surface area contributed by atoms with E-state index in [1.165, 1.54) is 16.8 Å². The third-order valence-electron chi connectivity index (χ3n) is 5.75. The van der Waals surface area contributed by atoms with E-state index in [4.69, 9.17) is 4.74 Å². The molecule has 1 aromatic heterocycles. The molecule has 2 aliphatic heterocycles. The normalized spacial score (nSPS) is 25.1. The van der Waals surface area contributed by atoms with Crippen LogP contribution in [0.15, 0.2) is 21.9 Å². The van der Waals surface area contributed by atoms with E-state index in [-0.39, 0.29) is 36.7 Å². The largest absolute Gasteiger partial charge is 0.393 e. The summed E-state index contributed by atoms with van der Waals surface area (Å²) in [6, 6.07) is 1.27. The molecule has 0 aromatic carbocycles.